The molecule has 5 nitrogen and oxygen atoms in total. The number of benzene rings is 2. The number of anilines is 1. The van der Waals surface area contributed by atoms with E-state index in [0.29, 0.717) is 52.9 Å². The molecule has 0 radical (unpaired) electrons. The van der Waals surface area contributed by atoms with Crippen LogP contribution in [-0.4, -0.2) is 65.9 Å². The van der Waals surface area contributed by atoms with Gasteiger partial charge in [-0.3, -0.25) is 0 Å². The van der Waals surface area contributed by atoms with Crippen molar-refractivity contribution in [1.29, 1.82) is 0 Å². The van der Waals surface area contributed by atoms with Crippen molar-refractivity contribution < 1.29 is 18.9 Å². The van der Waals surface area contributed by atoms with E-state index in [4.69, 9.17) is 18.9 Å². The van der Waals surface area contributed by atoms with Gasteiger partial charge in [0, 0.05) is 24.3 Å². The number of nitrogens with zero attached hydrogens (tertiary/aromatic N) is 1. The van der Waals surface area contributed by atoms with Crippen molar-refractivity contribution in [2.24, 2.45) is 0 Å². The van der Waals surface area contributed by atoms with Crippen LogP contribution < -0.4 is 4.90 Å². The second kappa shape index (κ2) is 11.7. The topological polar surface area (TPSA) is 40.2 Å². The predicted molar refractivity (Wildman–Crippen MR) is 107 cm³/mol. The first-order valence-electron chi connectivity index (χ1n) is 9.65. The molecule has 0 atom stereocenters. The van der Waals surface area contributed by atoms with Crippen LogP contribution in [0, 0.1) is 0 Å². The van der Waals surface area contributed by atoms with Crippen LogP contribution in [0.15, 0.2) is 54.6 Å². The Morgan fingerprint density at radius 2 is 1.00 bits per heavy atom. The fraction of sp³-hybridized carbons (Fsp3) is 0.455. The first-order chi connectivity index (χ1) is 13.4. The number of hydrogen-bond acceptors (Lipinski definition) is 5. The molecule has 1 saturated heterocycles. The highest BCUT2D eigenvalue weighted by molar-refractivity contribution is 5.78. The summed E-state index contributed by atoms with van der Waals surface area (Å²) in [6.45, 7) is 6.52. The van der Waals surface area contributed by atoms with Gasteiger partial charge in [0.25, 0.3) is 0 Å². The van der Waals surface area contributed by atoms with E-state index in [1.165, 1.54) is 16.8 Å². The first kappa shape index (κ1) is 19.8. The smallest absolute Gasteiger partial charge is 0.0701 e. The molecule has 27 heavy (non-hydrogen) atoms. The molecule has 146 valence electrons. The van der Waals surface area contributed by atoms with Gasteiger partial charge >= 0.3 is 0 Å². The third kappa shape index (κ3) is 6.63. The summed E-state index contributed by atoms with van der Waals surface area (Å²) < 4.78 is 22.5. The van der Waals surface area contributed by atoms with E-state index in [0.717, 1.165) is 13.1 Å². The minimum absolute atomic E-state index is 0.597. The van der Waals surface area contributed by atoms with Crippen molar-refractivity contribution in [3.8, 4) is 11.1 Å². The van der Waals surface area contributed by atoms with E-state index in [1.54, 1.807) is 0 Å². The van der Waals surface area contributed by atoms with Gasteiger partial charge in [0.15, 0.2) is 0 Å². The summed E-state index contributed by atoms with van der Waals surface area (Å²) in [5.41, 5.74) is 3.64. The molecule has 3 rings (SSSR count). The summed E-state index contributed by atoms with van der Waals surface area (Å²) in [7, 11) is 0. The molecule has 0 aromatic heterocycles. The van der Waals surface area contributed by atoms with Gasteiger partial charge in [-0.15, -0.1) is 0 Å². The molecular formula is C22H29NO4. The second-order valence-corrected chi connectivity index (χ2v) is 6.32. The Morgan fingerprint density at radius 3 is 1.59 bits per heavy atom. The van der Waals surface area contributed by atoms with Gasteiger partial charge in [-0.2, -0.15) is 0 Å². The number of rotatable bonds is 2. The van der Waals surface area contributed by atoms with E-state index in [1.807, 2.05) is 6.07 Å². The van der Waals surface area contributed by atoms with Crippen LogP contribution >= 0.6 is 0 Å². The second-order valence-electron chi connectivity index (χ2n) is 6.32. The normalized spacial score (nSPS) is 18.4. The van der Waals surface area contributed by atoms with Crippen LogP contribution in [0.1, 0.15) is 0 Å². The van der Waals surface area contributed by atoms with E-state index in [2.05, 4.69) is 53.4 Å². The van der Waals surface area contributed by atoms with Crippen molar-refractivity contribution in [2.75, 3.05) is 70.8 Å². The highest BCUT2D eigenvalue weighted by Gasteiger charge is 2.12. The number of ether oxygens (including phenoxy) is 4. The van der Waals surface area contributed by atoms with Gasteiger partial charge in [0.2, 0.25) is 0 Å². The zero-order valence-electron chi connectivity index (χ0n) is 15.8. The Balaban J connectivity index is 1.71. The zero-order chi connectivity index (χ0) is 18.6. The van der Waals surface area contributed by atoms with Crippen LogP contribution in [0.2, 0.25) is 0 Å². The van der Waals surface area contributed by atoms with Gasteiger partial charge in [-0.25, -0.2) is 0 Å². The molecule has 5 heteroatoms. The minimum atomic E-state index is 0.597. The van der Waals surface area contributed by atoms with Crippen LogP contribution in [0.5, 0.6) is 0 Å². The maximum atomic E-state index is 5.76. The minimum Gasteiger partial charge on any atom is -0.377 e. The van der Waals surface area contributed by atoms with Crippen LogP contribution in [0.3, 0.4) is 0 Å². The fourth-order valence-electron chi connectivity index (χ4n) is 3.08. The quantitative estimate of drug-likeness (QED) is 0.811. The summed E-state index contributed by atoms with van der Waals surface area (Å²) in [5.74, 6) is 0. The molecule has 0 bridgehead atoms. The van der Waals surface area contributed by atoms with Gasteiger partial charge < -0.3 is 23.8 Å². The molecule has 1 heterocycles. The maximum absolute atomic E-state index is 5.76. The Kier molecular flexibility index (Phi) is 8.61. The van der Waals surface area contributed by atoms with Crippen molar-refractivity contribution in [3.05, 3.63) is 54.6 Å². The van der Waals surface area contributed by atoms with E-state index in [9.17, 15) is 0 Å². The lowest BCUT2D eigenvalue weighted by molar-refractivity contribution is 0.00206. The number of para-hydroxylation sites is 1. The molecular weight excluding hydrogens is 342 g/mol. The summed E-state index contributed by atoms with van der Waals surface area (Å²) in [6.07, 6.45) is 0. The lowest BCUT2D eigenvalue weighted by Crippen LogP contribution is -2.32. The summed E-state index contributed by atoms with van der Waals surface area (Å²) in [4.78, 5) is 2.34. The Hall–Kier alpha value is -1.92. The van der Waals surface area contributed by atoms with Crippen molar-refractivity contribution in [3.63, 3.8) is 0 Å². The number of hydrogen-bond donors (Lipinski definition) is 0. The van der Waals surface area contributed by atoms with Gasteiger partial charge in [-0.05, 0) is 11.6 Å². The standard InChI is InChI=1S/C22H29NO4/c1-2-6-20(7-3-1)21-8-4-5-9-22(21)23-10-12-24-14-16-26-18-19-27-17-15-25-13-11-23/h1-9H,10-19H2. The monoisotopic (exact) mass is 371 g/mol. The Labute approximate surface area is 161 Å². The fourth-order valence-corrected chi connectivity index (χ4v) is 3.08. The zero-order valence-corrected chi connectivity index (χ0v) is 15.8. The van der Waals surface area contributed by atoms with Crippen LogP contribution in [0.25, 0.3) is 11.1 Å². The SMILES string of the molecule is c1ccc(-c2ccccc2N2CCOCCOCCOCCOCC2)cc1. The van der Waals surface area contributed by atoms with Crippen LogP contribution in [0.4, 0.5) is 5.69 Å². The first-order valence-corrected chi connectivity index (χ1v) is 9.65. The van der Waals surface area contributed by atoms with Crippen molar-refractivity contribution in [2.45, 2.75) is 0 Å². The Bertz CT molecular complexity index is 634. The third-order valence-corrected chi connectivity index (χ3v) is 4.46. The Morgan fingerprint density at radius 1 is 0.519 bits per heavy atom. The third-order valence-electron chi connectivity index (χ3n) is 4.46. The molecule has 1 fully saturated rings. The molecule has 2 aromatic carbocycles. The highest BCUT2D eigenvalue weighted by atomic mass is 16.6. The van der Waals surface area contributed by atoms with E-state index < -0.39 is 0 Å². The molecule has 0 amide bonds. The molecule has 0 saturated carbocycles. The van der Waals surface area contributed by atoms with E-state index >= 15 is 0 Å². The summed E-state index contributed by atoms with van der Waals surface area (Å²) in [6, 6.07) is 19.0. The van der Waals surface area contributed by atoms with Gasteiger partial charge in [0.05, 0.1) is 52.9 Å². The molecule has 0 aliphatic carbocycles. The van der Waals surface area contributed by atoms with Crippen molar-refractivity contribution >= 4 is 5.69 Å². The average Bonchev–Trinajstić information content (AvgIpc) is 2.74. The van der Waals surface area contributed by atoms with E-state index in [-0.39, 0.29) is 0 Å². The van der Waals surface area contributed by atoms with Crippen molar-refractivity contribution in [1.82, 2.24) is 0 Å². The van der Waals surface area contributed by atoms with Gasteiger partial charge in [-0.1, -0.05) is 48.5 Å². The summed E-state index contributed by atoms with van der Waals surface area (Å²) >= 11 is 0. The lowest BCUT2D eigenvalue weighted by atomic mass is 10.0. The average molecular weight is 371 g/mol. The molecule has 2 aromatic rings. The maximum Gasteiger partial charge on any atom is 0.0701 e. The molecule has 0 unspecified atom stereocenters. The van der Waals surface area contributed by atoms with Crippen LogP contribution in [-0.2, 0) is 18.9 Å². The molecule has 0 N–H and O–H groups in total. The summed E-state index contributed by atoms with van der Waals surface area (Å²) in [5, 5.41) is 0. The largest absolute Gasteiger partial charge is 0.377 e. The predicted octanol–water partition coefficient (Wildman–Crippen LogP) is 3.24. The van der Waals surface area contributed by atoms with Gasteiger partial charge in [0.1, 0.15) is 0 Å². The molecule has 1 aliphatic rings. The molecule has 0 spiro atoms. The molecule has 1 aliphatic heterocycles. The lowest BCUT2D eigenvalue weighted by Gasteiger charge is -2.27. The highest BCUT2D eigenvalue weighted by Crippen LogP contribution is 2.30.